The molecule has 0 aliphatic carbocycles. The normalized spacial score (nSPS) is 13.1. The van der Waals surface area contributed by atoms with Gasteiger partial charge in [0.15, 0.2) is 6.10 Å². The van der Waals surface area contributed by atoms with Crippen molar-refractivity contribution in [1.29, 1.82) is 0 Å². The van der Waals surface area contributed by atoms with Crippen LogP contribution in [0.4, 0.5) is 0 Å². The van der Waals surface area contributed by atoms with E-state index < -0.39 is 6.10 Å². The summed E-state index contributed by atoms with van der Waals surface area (Å²) in [5.74, 6) is -1.01. The summed E-state index contributed by atoms with van der Waals surface area (Å²) >= 11 is 0. The summed E-state index contributed by atoms with van der Waals surface area (Å²) in [6.45, 7) is 6.27. The number of allylic oxidation sites excluding steroid dienone is 20. The van der Waals surface area contributed by atoms with E-state index in [0.717, 1.165) is 116 Å². The fourth-order valence-corrected chi connectivity index (χ4v) is 6.19. The fraction of sp³-hybridized carbons (Fsp3) is 0.589. The SMILES string of the molecule is CC\C=C/C=C\C=C/C=C\C=C\C=C/CCCCCC(=O)OCC(COC(=O)CCCCC/C=C\CCCCCCCC)OC(=O)CCCCCC/C=C\C/C=C\C/C=C\CC. The van der Waals surface area contributed by atoms with Gasteiger partial charge in [0, 0.05) is 19.3 Å². The van der Waals surface area contributed by atoms with Crippen LogP contribution in [0.5, 0.6) is 0 Å². The van der Waals surface area contributed by atoms with Crippen LogP contribution in [-0.4, -0.2) is 37.2 Å². The first-order chi connectivity index (χ1) is 30.5. The van der Waals surface area contributed by atoms with Crippen LogP contribution in [0.3, 0.4) is 0 Å². The van der Waals surface area contributed by atoms with Gasteiger partial charge in [0.25, 0.3) is 0 Å². The van der Waals surface area contributed by atoms with E-state index in [0.29, 0.717) is 12.8 Å². The number of carbonyl (C=O) groups is 3. The number of hydrogen-bond acceptors (Lipinski definition) is 6. The van der Waals surface area contributed by atoms with Gasteiger partial charge in [-0.25, -0.2) is 0 Å². The van der Waals surface area contributed by atoms with Crippen LogP contribution >= 0.6 is 0 Å². The van der Waals surface area contributed by atoms with Crippen LogP contribution in [0.2, 0.25) is 0 Å². The Hall–Kier alpha value is -4.19. The Morgan fingerprint density at radius 3 is 1.21 bits per heavy atom. The molecule has 0 aliphatic heterocycles. The van der Waals surface area contributed by atoms with Gasteiger partial charge < -0.3 is 14.2 Å². The third-order valence-electron chi connectivity index (χ3n) is 9.84. The van der Waals surface area contributed by atoms with E-state index in [2.05, 4.69) is 81.5 Å². The van der Waals surface area contributed by atoms with Gasteiger partial charge in [0.05, 0.1) is 0 Å². The summed E-state index contributed by atoms with van der Waals surface area (Å²) in [6.07, 6.45) is 67.5. The molecule has 0 aromatic rings. The van der Waals surface area contributed by atoms with E-state index in [9.17, 15) is 14.4 Å². The van der Waals surface area contributed by atoms with E-state index in [-0.39, 0.29) is 37.5 Å². The molecule has 62 heavy (non-hydrogen) atoms. The lowest BCUT2D eigenvalue weighted by Crippen LogP contribution is -2.30. The second-order valence-electron chi connectivity index (χ2n) is 15.8. The lowest BCUT2D eigenvalue weighted by molar-refractivity contribution is -0.167. The van der Waals surface area contributed by atoms with Crippen molar-refractivity contribution in [2.24, 2.45) is 0 Å². The lowest BCUT2D eigenvalue weighted by Gasteiger charge is -2.18. The predicted octanol–water partition coefficient (Wildman–Crippen LogP) is 16.1. The average Bonchev–Trinajstić information content (AvgIpc) is 3.27. The van der Waals surface area contributed by atoms with Crippen molar-refractivity contribution >= 4 is 17.9 Å². The van der Waals surface area contributed by atoms with Gasteiger partial charge in [-0.1, -0.05) is 200 Å². The van der Waals surface area contributed by atoms with Crippen molar-refractivity contribution in [3.05, 3.63) is 122 Å². The standard InChI is InChI=1S/C56H88O6/c1-4-7-10-13-16-19-22-25-27-28-29-32-34-37-40-43-46-49-55(58)61-52-53(51-60-54(57)48-45-42-39-36-33-30-24-21-18-15-12-9-6-3)62-56(59)50-47-44-41-38-35-31-26-23-20-17-14-11-8-5-2/h7-8,10-11,13,16-17,19-20,22,25-34,53H,4-6,9,12,14-15,18,21,23-24,35-52H2,1-3H3/b10-7-,11-8-,16-13-,20-17-,22-19-,27-25-,29-28+,31-26-,33-30-,34-32-. The molecule has 0 amide bonds. The second-order valence-corrected chi connectivity index (χ2v) is 15.8. The molecule has 1 atom stereocenters. The van der Waals surface area contributed by atoms with Gasteiger partial charge in [-0.15, -0.1) is 0 Å². The van der Waals surface area contributed by atoms with Gasteiger partial charge in [-0.2, -0.15) is 0 Å². The number of carbonyl (C=O) groups excluding carboxylic acids is 3. The van der Waals surface area contributed by atoms with Crippen LogP contribution in [0, 0.1) is 0 Å². The van der Waals surface area contributed by atoms with Gasteiger partial charge in [0.1, 0.15) is 13.2 Å². The number of hydrogen-bond donors (Lipinski definition) is 0. The zero-order chi connectivity index (χ0) is 45.1. The van der Waals surface area contributed by atoms with E-state index in [1.165, 1.54) is 38.5 Å². The summed E-state index contributed by atoms with van der Waals surface area (Å²) in [5.41, 5.74) is 0. The molecule has 0 N–H and O–H groups in total. The van der Waals surface area contributed by atoms with Crippen LogP contribution < -0.4 is 0 Å². The molecule has 0 bridgehead atoms. The summed E-state index contributed by atoms with van der Waals surface area (Å²) in [6, 6.07) is 0. The highest BCUT2D eigenvalue weighted by atomic mass is 16.6. The molecule has 0 heterocycles. The van der Waals surface area contributed by atoms with Crippen LogP contribution in [0.25, 0.3) is 0 Å². The van der Waals surface area contributed by atoms with Crippen LogP contribution in [0.15, 0.2) is 122 Å². The molecule has 0 rings (SSSR count). The van der Waals surface area contributed by atoms with E-state index in [4.69, 9.17) is 14.2 Å². The average molecular weight is 857 g/mol. The molecule has 0 fully saturated rings. The maximum atomic E-state index is 12.8. The van der Waals surface area contributed by atoms with Crippen LogP contribution in [-0.2, 0) is 28.6 Å². The zero-order valence-electron chi connectivity index (χ0n) is 39.6. The monoisotopic (exact) mass is 857 g/mol. The Morgan fingerprint density at radius 1 is 0.355 bits per heavy atom. The molecule has 6 nitrogen and oxygen atoms in total. The molecule has 6 heteroatoms. The van der Waals surface area contributed by atoms with Crippen molar-refractivity contribution in [2.75, 3.05) is 13.2 Å². The highest BCUT2D eigenvalue weighted by Crippen LogP contribution is 2.12. The number of ether oxygens (including phenoxy) is 3. The molecule has 0 saturated carbocycles. The van der Waals surface area contributed by atoms with Gasteiger partial charge in [0.2, 0.25) is 0 Å². The smallest absolute Gasteiger partial charge is 0.306 e. The van der Waals surface area contributed by atoms with E-state index >= 15 is 0 Å². The highest BCUT2D eigenvalue weighted by molar-refractivity contribution is 5.71. The molecule has 348 valence electrons. The Morgan fingerprint density at radius 2 is 0.710 bits per heavy atom. The second kappa shape index (κ2) is 49.5. The number of rotatable bonds is 42. The molecular formula is C56H88O6. The molecule has 0 saturated heterocycles. The number of unbranched alkanes of at least 4 members (excludes halogenated alkanes) is 16. The Bertz CT molecular complexity index is 1350. The third kappa shape index (κ3) is 46.9. The quantitative estimate of drug-likeness (QED) is 0.0200. The van der Waals surface area contributed by atoms with Crippen molar-refractivity contribution in [1.82, 2.24) is 0 Å². The Labute approximate surface area is 380 Å². The summed E-state index contributed by atoms with van der Waals surface area (Å²) < 4.78 is 16.7. The maximum Gasteiger partial charge on any atom is 0.306 e. The Balaban J connectivity index is 4.56. The van der Waals surface area contributed by atoms with Gasteiger partial charge in [-0.3, -0.25) is 14.4 Å². The lowest BCUT2D eigenvalue weighted by atomic mass is 10.1. The first-order valence-electron chi connectivity index (χ1n) is 24.6. The van der Waals surface area contributed by atoms with Crippen molar-refractivity contribution in [3.8, 4) is 0 Å². The predicted molar refractivity (Wildman–Crippen MR) is 265 cm³/mol. The molecular weight excluding hydrogens is 769 g/mol. The largest absolute Gasteiger partial charge is 0.462 e. The molecule has 1 unspecified atom stereocenters. The summed E-state index contributed by atoms with van der Waals surface area (Å²) in [4.78, 5) is 37.9. The van der Waals surface area contributed by atoms with Crippen LogP contribution in [0.1, 0.15) is 194 Å². The topological polar surface area (TPSA) is 78.9 Å². The first-order valence-corrected chi connectivity index (χ1v) is 24.6. The van der Waals surface area contributed by atoms with E-state index in [1.54, 1.807) is 0 Å². The summed E-state index contributed by atoms with van der Waals surface area (Å²) in [5, 5.41) is 0. The molecule has 0 spiro atoms. The van der Waals surface area contributed by atoms with Crippen molar-refractivity contribution < 1.29 is 28.6 Å². The minimum atomic E-state index is -0.817. The molecule has 0 aromatic heterocycles. The first kappa shape index (κ1) is 57.8. The van der Waals surface area contributed by atoms with E-state index in [1.807, 2.05) is 60.8 Å². The fourth-order valence-electron chi connectivity index (χ4n) is 6.19. The van der Waals surface area contributed by atoms with Gasteiger partial charge >= 0.3 is 17.9 Å². The van der Waals surface area contributed by atoms with Crippen molar-refractivity contribution in [3.63, 3.8) is 0 Å². The minimum Gasteiger partial charge on any atom is -0.462 e. The number of esters is 3. The Kier molecular flexibility index (Phi) is 46.1. The molecule has 0 aliphatic rings. The van der Waals surface area contributed by atoms with Crippen molar-refractivity contribution in [2.45, 2.75) is 200 Å². The highest BCUT2D eigenvalue weighted by Gasteiger charge is 2.19. The molecule has 0 radical (unpaired) electrons. The minimum absolute atomic E-state index is 0.114. The third-order valence-corrected chi connectivity index (χ3v) is 9.84. The van der Waals surface area contributed by atoms with Gasteiger partial charge in [-0.05, 0) is 96.3 Å². The zero-order valence-corrected chi connectivity index (χ0v) is 39.6. The maximum absolute atomic E-state index is 12.8. The molecule has 0 aromatic carbocycles. The summed E-state index contributed by atoms with van der Waals surface area (Å²) in [7, 11) is 0.